The van der Waals surface area contributed by atoms with Crippen LogP contribution >= 0.6 is 0 Å². The Labute approximate surface area is 147 Å². The largest absolute Gasteiger partial charge is 0.390 e. The Balaban J connectivity index is 0.00000100. The van der Waals surface area contributed by atoms with E-state index in [1.807, 2.05) is 13.8 Å². The predicted octanol–water partition coefficient (Wildman–Crippen LogP) is 6.09. The topological polar surface area (TPSA) is 20.2 Å². The summed E-state index contributed by atoms with van der Waals surface area (Å²) in [4.78, 5) is 0. The Morgan fingerprint density at radius 3 is 1.62 bits per heavy atom. The van der Waals surface area contributed by atoms with Crippen molar-refractivity contribution in [1.82, 2.24) is 0 Å². The van der Waals surface area contributed by atoms with Crippen LogP contribution in [0.2, 0.25) is 0 Å². The van der Waals surface area contributed by atoms with E-state index in [1.54, 1.807) is 0 Å². The lowest BCUT2D eigenvalue weighted by Crippen LogP contribution is -2.44. The first-order valence-corrected chi connectivity index (χ1v) is 10.5. The van der Waals surface area contributed by atoms with Crippen molar-refractivity contribution < 1.29 is 13.9 Å². The fourth-order valence-electron chi connectivity index (χ4n) is 5.43. The highest BCUT2D eigenvalue weighted by atomic mass is 19.2. The van der Waals surface area contributed by atoms with Gasteiger partial charge in [-0.1, -0.05) is 33.6 Å². The van der Waals surface area contributed by atoms with E-state index in [-0.39, 0.29) is 5.92 Å². The summed E-state index contributed by atoms with van der Waals surface area (Å²) in [5.74, 6) is 2.82. The number of aliphatic hydroxyl groups is 1. The van der Waals surface area contributed by atoms with Gasteiger partial charge in [0.05, 0.1) is 6.10 Å². The van der Waals surface area contributed by atoms with Gasteiger partial charge in [0.25, 0.3) is 0 Å². The molecule has 0 saturated heterocycles. The highest BCUT2D eigenvalue weighted by Crippen LogP contribution is 2.46. The van der Waals surface area contributed by atoms with Crippen LogP contribution in [0.5, 0.6) is 0 Å². The summed E-state index contributed by atoms with van der Waals surface area (Å²) >= 11 is 0. The van der Waals surface area contributed by atoms with Crippen LogP contribution in [0.25, 0.3) is 0 Å². The van der Waals surface area contributed by atoms with E-state index in [0.29, 0.717) is 18.8 Å². The molecule has 0 spiro atoms. The second kappa shape index (κ2) is 9.50. The molecule has 0 aromatic rings. The molecule has 3 aliphatic carbocycles. The van der Waals surface area contributed by atoms with Crippen LogP contribution in [-0.2, 0) is 0 Å². The van der Waals surface area contributed by atoms with Gasteiger partial charge >= 0.3 is 0 Å². The molecule has 3 heteroatoms. The zero-order chi connectivity index (χ0) is 17.7. The van der Waals surface area contributed by atoms with Crippen LogP contribution in [0.15, 0.2) is 0 Å². The summed E-state index contributed by atoms with van der Waals surface area (Å²) in [7, 11) is 0. The van der Waals surface area contributed by atoms with Gasteiger partial charge in [-0.15, -0.1) is 0 Å². The van der Waals surface area contributed by atoms with Gasteiger partial charge in [0, 0.05) is 0 Å². The molecule has 1 N–H and O–H groups in total. The number of aliphatic hydroxyl groups excluding tert-OH is 1. The Hall–Kier alpha value is -0.180. The van der Waals surface area contributed by atoms with E-state index in [2.05, 4.69) is 6.92 Å². The van der Waals surface area contributed by atoms with E-state index in [1.165, 1.54) is 38.5 Å². The maximum absolute atomic E-state index is 14.2. The Bertz CT molecular complexity index is 346. The molecule has 0 bridgehead atoms. The summed E-state index contributed by atoms with van der Waals surface area (Å²) in [6, 6.07) is 0. The Morgan fingerprint density at radius 2 is 1.08 bits per heavy atom. The van der Waals surface area contributed by atoms with E-state index >= 15 is 0 Å². The molecule has 3 saturated carbocycles. The van der Waals surface area contributed by atoms with E-state index in [4.69, 9.17) is 0 Å². The quantitative estimate of drug-likeness (QED) is 0.642. The average molecular weight is 345 g/mol. The van der Waals surface area contributed by atoms with E-state index in [0.717, 1.165) is 30.6 Å². The second-order valence-corrected chi connectivity index (χ2v) is 8.39. The highest BCUT2D eigenvalue weighted by molar-refractivity contribution is 4.93. The third kappa shape index (κ3) is 4.71. The number of halogens is 2. The van der Waals surface area contributed by atoms with Gasteiger partial charge in [-0.05, 0) is 81.0 Å². The number of rotatable bonds is 2. The summed E-state index contributed by atoms with van der Waals surface area (Å²) < 4.78 is 28.0. The van der Waals surface area contributed by atoms with Crippen LogP contribution in [0, 0.1) is 29.6 Å². The van der Waals surface area contributed by atoms with Gasteiger partial charge in [0.1, 0.15) is 6.17 Å². The highest BCUT2D eigenvalue weighted by Gasteiger charge is 2.44. The van der Waals surface area contributed by atoms with Crippen molar-refractivity contribution in [3.05, 3.63) is 0 Å². The molecule has 24 heavy (non-hydrogen) atoms. The van der Waals surface area contributed by atoms with E-state index < -0.39 is 18.4 Å². The molecule has 0 aromatic heterocycles. The van der Waals surface area contributed by atoms with Gasteiger partial charge in [-0.3, -0.25) is 0 Å². The van der Waals surface area contributed by atoms with Crippen molar-refractivity contribution in [1.29, 1.82) is 0 Å². The number of hydrogen-bond acceptors (Lipinski definition) is 1. The molecule has 0 amide bonds. The molecule has 0 radical (unpaired) electrons. The standard InChI is InChI=1S/C19H32F2O.C2H6/c1-12-2-4-13(5-3-12)14-6-8-15(9-7-14)16-10-11-17(22)19(21)18(16)20;1-2/h12-19,22H,2-11H2,1H3;1-2H3. The minimum atomic E-state index is -1.66. The summed E-state index contributed by atoms with van der Waals surface area (Å²) in [5, 5.41) is 9.48. The summed E-state index contributed by atoms with van der Waals surface area (Å²) in [5.41, 5.74) is 0. The number of hydrogen-bond donors (Lipinski definition) is 1. The van der Waals surface area contributed by atoms with Crippen molar-refractivity contribution in [2.75, 3.05) is 0 Å². The van der Waals surface area contributed by atoms with Crippen LogP contribution < -0.4 is 0 Å². The molecule has 3 fully saturated rings. The fourth-order valence-corrected chi connectivity index (χ4v) is 5.43. The van der Waals surface area contributed by atoms with Crippen LogP contribution in [0.4, 0.5) is 8.78 Å². The zero-order valence-corrected chi connectivity index (χ0v) is 15.9. The molecule has 3 aliphatic rings. The van der Waals surface area contributed by atoms with Gasteiger partial charge in [-0.25, -0.2) is 8.78 Å². The first kappa shape index (κ1) is 20.1. The molecular weight excluding hydrogens is 306 g/mol. The molecular formula is C21H38F2O. The third-order valence-corrected chi connectivity index (χ3v) is 7.03. The first-order valence-electron chi connectivity index (χ1n) is 10.5. The monoisotopic (exact) mass is 344 g/mol. The fraction of sp³-hybridized carbons (Fsp3) is 1.00. The predicted molar refractivity (Wildman–Crippen MR) is 96.4 cm³/mol. The summed E-state index contributed by atoms with van der Waals surface area (Å²) in [6.45, 7) is 6.36. The summed E-state index contributed by atoms with van der Waals surface area (Å²) in [6.07, 6.45) is 7.01. The minimum absolute atomic E-state index is 0.147. The molecule has 1 nitrogen and oxygen atoms in total. The molecule has 0 aliphatic heterocycles. The van der Waals surface area contributed by atoms with Crippen molar-refractivity contribution in [2.24, 2.45) is 29.6 Å². The molecule has 0 aromatic carbocycles. The smallest absolute Gasteiger partial charge is 0.157 e. The number of alkyl halides is 2. The Kier molecular flexibility index (Phi) is 7.97. The molecule has 4 atom stereocenters. The lowest BCUT2D eigenvalue weighted by atomic mass is 9.65. The maximum atomic E-state index is 14.2. The molecule has 3 rings (SSSR count). The van der Waals surface area contributed by atoms with E-state index in [9.17, 15) is 13.9 Å². The average Bonchev–Trinajstić information content (AvgIpc) is 2.63. The maximum Gasteiger partial charge on any atom is 0.157 e. The van der Waals surface area contributed by atoms with Gasteiger partial charge in [-0.2, -0.15) is 0 Å². The van der Waals surface area contributed by atoms with Crippen molar-refractivity contribution >= 4 is 0 Å². The van der Waals surface area contributed by atoms with Crippen molar-refractivity contribution in [2.45, 2.75) is 103 Å². The molecule has 0 heterocycles. The van der Waals surface area contributed by atoms with Gasteiger partial charge in [0.15, 0.2) is 6.17 Å². The van der Waals surface area contributed by atoms with Crippen LogP contribution in [-0.4, -0.2) is 23.6 Å². The third-order valence-electron chi connectivity index (χ3n) is 7.03. The first-order chi connectivity index (χ1) is 11.6. The Morgan fingerprint density at radius 1 is 0.625 bits per heavy atom. The van der Waals surface area contributed by atoms with Gasteiger partial charge < -0.3 is 5.11 Å². The van der Waals surface area contributed by atoms with Gasteiger partial charge in [0.2, 0.25) is 0 Å². The molecule has 4 unspecified atom stereocenters. The lowest BCUT2D eigenvalue weighted by molar-refractivity contribution is -0.0561. The molecule has 142 valence electrons. The van der Waals surface area contributed by atoms with Crippen molar-refractivity contribution in [3.63, 3.8) is 0 Å². The van der Waals surface area contributed by atoms with Crippen LogP contribution in [0.1, 0.15) is 85.0 Å². The lowest BCUT2D eigenvalue weighted by Gasteiger charge is -2.42. The zero-order valence-electron chi connectivity index (χ0n) is 15.9. The second-order valence-electron chi connectivity index (χ2n) is 8.39. The normalized spacial score (nSPS) is 46.8. The SMILES string of the molecule is CC.CC1CCC(C2CCC(C3CCC(O)C(F)C3F)CC2)CC1. The minimum Gasteiger partial charge on any atom is -0.390 e. The van der Waals surface area contributed by atoms with Crippen molar-refractivity contribution in [3.8, 4) is 0 Å². The van der Waals surface area contributed by atoms with Crippen LogP contribution in [0.3, 0.4) is 0 Å².